The van der Waals surface area contributed by atoms with Gasteiger partial charge in [0, 0.05) is 24.9 Å². The first-order valence-corrected chi connectivity index (χ1v) is 16.5. The van der Waals surface area contributed by atoms with E-state index in [0.717, 1.165) is 16.7 Å². The number of likely N-dealkylation sites (tertiary alicyclic amines) is 1. The molecule has 7 rings (SSSR count). The highest BCUT2D eigenvalue weighted by Crippen LogP contribution is 2.62. The van der Waals surface area contributed by atoms with Crippen LogP contribution in [0.2, 0.25) is 5.02 Å². The maximum atomic E-state index is 15.0. The van der Waals surface area contributed by atoms with Crippen molar-refractivity contribution in [3.63, 3.8) is 0 Å². The van der Waals surface area contributed by atoms with Gasteiger partial charge in [-0.1, -0.05) is 109 Å². The predicted molar refractivity (Wildman–Crippen MR) is 177 cm³/mol. The molecule has 0 aliphatic carbocycles. The molecule has 1 N–H and O–H groups in total. The Kier molecular flexibility index (Phi) is 7.84. The fraction of sp³-hybridized carbons (Fsp3) is 0.306. The van der Waals surface area contributed by atoms with Gasteiger partial charge in [0.25, 0.3) is 5.91 Å². The van der Waals surface area contributed by atoms with E-state index in [2.05, 4.69) is 0 Å². The Labute approximate surface area is 272 Å². The van der Waals surface area contributed by atoms with E-state index in [1.54, 1.807) is 15.9 Å². The second-order valence-corrected chi connectivity index (χ2v) is 14.0. The van der Waals surface area contributed by atoms with Gasteiger partial charge in [0.05, 0.1) is 39.9 Å². The van der Waals surface area contributed by atoms with Crippen LogP contribution in [0.25, 0.3) is 0 Å². The molecule has 7 nitrogen and oxygen atoms in total. The van der Waals surface area contributed by atoms with Crippen LogP contribution in [0.5, 0.6) is 0 Å². The third kappa shape index (κ3) is 4.82. The average Bonchev–Trinajstić information content (AvgIpc) is 3.37. The van der Waals surface area contributed by atoms with Crippen molar-refractivity contribution in [2.75, 3.05) is 24.6 Å². The summed E-state index contributed by atoms with van der Waals surface area (Å²) in [6.07, 6.45) is 7.98. The minimum Gasteiger partial charge on any atom is -0.394 e. The van der Waals surface area contributed by atoms with Crippen LogP contribution in [-0.2, 0) is 20.9 Å². The normalized spacial score (nSPS) is 28.1. The van der Waals surface area contributed by atoms with Crippen molar-refractivity contribution < 1.29 is 19.5 Å². The van der Waals surface area contributed by atoms with E-state index in [9.17, 15) is 19.5 Å². The second-order valence-electron chi connectivity index (χ2n) is 12.1. The van der Waals surface area contributed by atoms with Gasteiger partial charge in [-0.05, 0) is 29.7 Å². The maximum Gasteiger partial charge on any atom is 0.251 e. The first-order valence-electron chi connectivity index (χ1n) is 15.2. The third-order valence-electron chi connectivity index (χ3n) is 9.55. The number of anilines is 1. The number of para-hydroxylation sites is 1. The smallest absolute Gasteiger partial charge is 0.251 e. The van der Waals surface area contributed by atoms with Gasteiger partial charge in [-0.2, -0.15) is 0 Å². The highest BCUT2D eigenvalue weighted by Gasteiger charge is 2.72. The summed E-state index contributed by atoms with van der Waals surface area (Å²) in [6.45, 7) is 2.68. The molecule has 1 unspecified atom stereocenters. The highest BCUT2D eigenvalue weighted by atomic mass is 35.5. The molecule has 45 heavy (non-hydrogen) atoms. The summed E-state index contributed by atoms with van der Waals surface area (Å²) in [4.78, 5) is 49.4. The Balaban J connectivity index is 1.36. The molecule has 2 saturated heterocycles. The molecular weight excluding hydrogens is 606 g/mol. The number of aliphatic hydroxyl groups is 1. The number of rotatable bonds is 6. The third-order valence-corrected chi connectivity index (χ3v) is 11.6. The van der Waals surface area contributed by atoms with Gasteiger partial charge < -0.3 is 19.8 Å². The van der Waals surface area contributed by atoms with Gasteiger partial charge in [0.15, 0.2) is 0 Å². The molecule has 4 aliphatic heterocycles. The number of thioether (sulfide) groups is 1. The Bertz CT molecular complexity index is 1680. The van der Waals surface area contributed by atoms with E-state index in [0.29, 0.717) is 23.8 Å². The number of carbonyl (C=O) groups excluding carboxylic acids is 3. The van der Waals surface area contributed by atoms with Gasteiger partial charge in [0.1, 0.15) is 6.04 Å². The molecule has 230 valence electrons. The zero-order valence-electron chi connectivity index (χ0n) is 24.8. The molecule has 6 atom stereocenters. The standard InChI is InChI=1S/C36H34ClN3O4S/c1-23-11-8-16-26(37)31(23)39-20-10-18-36-30(34(43)40(32(36)35(39)44)27(22-41)25-14-6-3-7-15-25)29-28(45-36)17-9-19-38(33(29)42)21-24-12-4-2-5-13-24/h2-18,27-30,32,41H,19-22H2,1H3/t27-,28-,29+,30+,32?,36+/m1/s1. The van der Waals surface area contributed by atoms with E-state index in [1.165, 1.54) is 11.8 Å². The molecule has 2 fully saturated rings. The fourth-order valence-corrected chi connectivity index (χ4v) is 9.92. The summed E-state index contributed by atoms with van der Waals surface area (Å²) in [5.74, 6) is -2.12. The fourth-order valence-electron chi connectivity index (χ4n) is 7.61. The number of benzene rings is 3. The Hall–Kier alpha value is -3.85. The lowest BCUT2D eigenvalue weighted by Crippen LogP contribution is -2.54. The summed E-state index contributed by atoms with van der Waals surface area (Å²) in [5.41, 5.74) is 3.18. The van der Waals surface area contributed by atoms with E-state index < -0.39 is 28.7 Å². The molecule has 4 aliphatic rings. The molecule has 3 amide bonds. The summed E-state index contributed by atoms with van der Waals surface area (Å²) in [6, 6.07) is 22.9. The quantitative estimate of drug-likeness (QED) is 0.376. The number of aryl methyl sites for hydroxylation is 1. The number of carbonyl (C=O) groups is 3. The summed E-state index contributed by atoms with van der Waals surface area (Å²) >= 11 is 8.23. The molecule has 0 saturated carbocycles. The minimum absolute atomic E-state index is 0.0960. The van der Waals surface area contributed by atoms with Crippen molar-refractivity contribution in [1.29, 1.82) is 0 Å². The Morgan fingerprint density at radius 2 is 1.64 bits per heavy atom. The van der Waals surface area contributed by atoms with Crippen LogP contribution in [0.4, 0.5) is 5.69 Å². The summed E-state index contributed by atoms with van der Waals surface area (Å²) < 4.78 is -1.02. The number of hydrogen-bond donors (Lipinski definition) is 1. The van der Waals surface area contributed by atoms with Crippen molar-refractivity contribution in [2.24, 2.45) is 11.8 Å². The molecule has 0 radical (unpaired) electrons. The Morgan fingerprint density at radius 1 is 0.911 bits per heavy atom. The Morgan fingerprint density at radius 3 is 2.36 bits per heavy atom. The average molecular weight is 640 g/mol. The van der Waals surface area contributed by atoms with Crippen LogP contribution in [0.15, 0.2) is 103 Å². The van der Waals surface area contributed by atoms with Crippen LogP contribution in [-0.4, -0.2) is 68.4 Å². The van der Waals surface area contributed by atoms with Crippen LogP contribution in [0.1, 0.15) is 22.7 Å². The first-order chi connectivity index (χ1) is 21.9. The molecule has 9 heteroatoms. The van der Waals surface area contributed by atoms with Crippen LogP contribution in [0, 0.1) is 18.8 Å². The number of halogens is 1. The number of aliphatic hydroxyl groups excluding tert-OH is 1. The lowest BCUT2D eigenvalue weighted by Gasteiger charge is -2.39. The molecule has 3 aromatic rings. The summed E-state index contributed by atoms with van der Waals surface area (Å²) in [5, 5.41) is 11.0. The highest BCUT2D eigenvalue weighted by molar-refractivity contribution is 8.02. The molecular formula is C36H34ClN3O4S. The van der Waals surface area contributed by atoms with E-state index >= 15 is 0 Å². The molecule has 0 aromatic heterocycles. The lowest BCUT2D eigenvalue weighted by molar-refractivity contribution is -0.145. The van der Waals surface area contributed by atoms with E-state index in [-0.39, 0.29) is 36.1 Å². The predicted octanol–water partition coefficient (Wildman–Crippen LogP) is 5.18. The van der Waals surface area contributed by atoms with Gasteiger partial charge in [0.2, 0.25) is 11.8 Å². The lowest BCUT2D eigenvalue weighted by atomic mass is 9.78. The van der Waals surface area contributed by atoms with Crippen molar-refractivity contribution in [2.45, 2.75) is 35.5 Å². The number of amides is 3. The van der Waals surface area contributed by atoms with E-state index in [1.807, 2.05) is 109 Å². The second kappa shape index (κ2) is 11.8. The van der Waals surface area contributed by atoms with Crippen molar-refractivity contribution in [1.82, 2.24) is 9.80 Å². The number of hydrogen-bond acceptors (Lipinski definition) is 5. The first kappa shape index (κ1) is 29.8. The minimum atomic E-state index is -1.02. The molecule has 3 aromatic carbocycles. The van der Waals surface area contributed by atoms with Crippen molar-refractivity contribution >= 4 is 46.8 Å². The van der Waals surface area contributed by atoms with Gasteiger partial charge >= 0.3 is 0 Å². The summed E-state index contributed by atoms with van der Waals surface area (Å²) in [7, 11) is 0. The topological polar surface area (TPSA) is 81.2 Å². The van der Waals surface area contributed by atoms with Gasteiger partial charge in [-0.3, -0.25) is 14.4 Å². The molecule has 1 spiro atoms. The van der Waals surface area contributed by atoms with Crippen LogP contribution >= 0.6 is 23.4 Å². The van der Waals surface area contributed by atoms with Gasteiger partial charge in [-0.25, -0.2) is 0 Å². The van der Waals surface area contributed by atoms with E-state index in [4.69, 9.17) is 11.6 Å². The SMILES string of the molecule is Cc1cccc(Cl)c1N1CC=C[C@]23S[C@@H]4C=CCN(Cc5ccccc5)C(=O)[C@@H]4[C@H]2C(=O)N([C@H](CO)c2ccccc2)C3C1=O. The van der Waals surface area contributed by atoms with Crippen LogP contribution in [0.3, 0.4) is 0 Å². The number of nitrogens with zero attached hydrogens (tertiary/aromatic N) is 3. The molecule has 4 heterocycles. The number of fused-ring (bicyclic) bond motifs is 2. The van der Waals surface area contributed by atoms with Crippen LogP contribution < -0.4 is 4.90 Å². The monoisotopic (exact) mass is 639 g/mol. The van der Waals surface area contributed by atoms with Crippen molar-refractivity contribution in [3.05, 3.63) is 125 Å². The van der Waals surface area contributed by atoms with Crippen molar-refractivity contribution in [3.8, 4) is 0 Å². The largest absolute Gasteiger partial charge is 0.394 e. The zero-order valence-corrected chi connectivity index (χ0v) is 26.4. The maximum absolute atomic E-state index is 15.0. The van der Waals surface area contributed by atoms with Gasteiger partial charge in [-0.15, -0.1) is 11.8 Å². The zero-order chi connectivity index (χ0) is 31.3. The molecule has 0 bridgehead atoms.